The summed E-state index contributed by atoms with van der Waals surface area (Å²) in [6, 6.07) is 13.1. The molecule has 4 rings (SSSR count). The van der Waals surface area contributed by atoms with E-state index < -0.39 is 12.1 Å². The van der Waals surface area contributed by atoms with Crippen LogP contribution in [0.2, 0.25) is 0 Å². The van der Waals surface area contributed by atoms with Crippen molar-refractivity contribution in [2.45, 2.75) is 36.9 Å². The summed E-state index contributed by atoms with van der Waals surface area (Å²) in [5, 5.41) is 11.3. The fraction of sp³-hybridized carbons (Fsp3) is 0.444. The summed E-state index contributed by atoms with van der Waals surface area (Å²) in [6.07, 6.45) is 4.36. The lowest BCUT2D eigenvalue weighted by Crippen LogP contribution is -2.42. The van der Waals surface area contributed by atoms with Crippen molar-refractivity contribution in [1.29, 1.82) is 0 Å². The Kier molecular flexibility index (Phi) is 8.93. The van der Waals surface area contributed by atoms with Gasteiger partial charge in [-0.1, -0.05) is 6.07 Å². The third kappa shape index (κ3) is 6.92. The first-order valence-electron chi connectivity index (χ1n) is 12.1. The second-order valence-corrected chi connectivity index (χ2v) is 10.2. The summed E-state index contributed by atoms with van der Waals surface area (Å²) >= 11 is 1.71. The molecule has 8 heteroatoms. The van der Waals surface area contributed by atoms with Gasteiger partial charge in [-0.2, -0.15) is 0 Å². The lowest BCUT2D eigenvalue weighted by Gasteiger charge is -2.38. The standard InChI is InChI=1S/C27H32FN3O3S/c1-34-21-6-8-25-23(17-21)22(9-12-29-25)24(28)7-5-19-10-13-31(18-20(19)16-27(32)33)14-15-35-26-4-2-3-11-30-26/h2-4,6,8-9,11-12,17,19-20,24H,5,7,10,13-16,18H2,1H3,(H,32,33)/t19-,20+,24+/m1/s1. The van der Waals surface area contributed by atoms with Gasteiger partial charge in [-0.25, -0.2) is 9.37 Å². The first kappa shape index (κ1) is 25.4. The number of aromatic nitrogens is 2. The molecule has 1 aliphatic heterocycles. The SMILES string of the molecule is COc1ccc2nccc([C@@H](F)CC[C@@H]3CCN(CCSc4ccccn4)C[C@@H]3CC(=O)O)c2c1. The van der Waals surface area contributed by atoms with Crippen LogP contribution in [0.5, 0.6) is 5.75 Å². The molecule has 35 heavy (non-hydrogen) atoms. The Morgan fingerprint density at radius 1 is 1.23 bits per heavy atom. The van der Waals surface area contributed by atoms with Crippen molar-refractivity contribution in [3.8, 4) is 5.75 Å². The number of likely N-dealkylation sites (tertiary alicyclic amines) is 1. The number of thioether (sulfide) groups is 1. The van der Waals surface area contributed by atoms with E-state index >= 15 is 4.39 Å². The molecule has 1 aromatic carbocycles. The van der Waals surface area contributed by atoms with E-state index in [-0.39, 0.29) is 18.3 Å². The van der Waals surface area contributed by atoms with Crippen molar-refractivity contribution in [2.75, 3.05) is 32.5 Å². The second-order valence-electron chi connectivity index (χ2n) is 9.05. The Bertz CT molecular complexity index is 1120. The lowest BCUT2D eigenvalue weighted by molar-refractivity contribution is -0.139. The summed E-state index contributed by atoms with van der Waals surface area (Å²) in [7, 11) is 1.59. The quantitative estimate of drug-likeness (QED) is 0.344. The van der Waals surface area contributed by atoms with Crippen LogP contribution in [-0.2, 0) is 4.79 Å². The van der Waals surface area contributed by atoms with E-state index in [0.29, 0.717) is 24.2 Å². The molecule has 1 aliphatic rings. The van der Waals surface area contributed by atoms with Crippen molar-refractivity contribution in [2.24, 2.45) is 11.8 Å². The van der Waals surface area contributed by atoms with Gasteiger partial charge >= 0.3 is 5.97 Å². The van der Waals surface area contributed by atoms with Crippen molar-refractivity contribution >= 4 is 28.6 Å². The molecule has 0 bridgehead atoms. The maximum Gasteiger partial charge on any atom is 0.303 e. The van der Waals surface area contributed by atoms with E-state index in [1.54, 1.807) is 37.3 Å². The molecule has 0 amide bonds. The number of nitrogens with zero attached hydrogens (tertiary/aromatic N) is 3. The minimum Gasteiger partial charge on any atom is -0.497 e. The molecule has 1 N–H and O–H groups in total. The maximum absolute atomic E-state index is 15.4. The van der Waals surface area contributed by atoms with Crippen LogP contribution in [0.3, 0.4) is 0 Å². The summed E-state index contributed by atoms with van der Waals surface area (Å²) in [5.74, 6) is 1.03. The third-order valence-electron chi connectivity index (χ3n) is 6.82. The average Bonchev–Trinajstić information content (AvgIpc) is 2.87. The molecule has 2 aromatic heterocycles. The molecule has 0 unspecified atom stereocenters. The molecule has 0 aliphatic carbocycles. The lowest BCUT2D eigenvalue weighted by atomic mass is 9.79. The average molecular weight is 498 g/mol. The smallest absolute Gasteiger partial charge is 0.303 e. The Labute approximate surface area is 209 Å². The monoisotopic (exact) mass is 497 g/mol. The fourth-order valence-corrected chi connectivity index (χ4v) is 5.84. The van der Waals surface area contributed by atoms with E-state index in [4.69, 9.17) is 4.74 Å². The molecule has 3 atom stereocenters. The Balaban J connectivity index is 1.35. The number of rotatable bonds is 11. The molecule has 6 nitrogen and oxygen atoms in total. The first-order valence-corrected chi connectivity index (χ1v) is 13.1. The molecule has 1 saturated heterocycles. The van der Waals surface area contributed by atoms with Gasteiger partial charge in [0, 0.05) is 43.0 Å². The number of alkyl halides is 1. The molecule has 3 aromatic rings. The zero-order valence-corrected chi connectivity index (χ0v) is 20.8. The van der Waals surface area contributed by atoms with Crippen LogP contribution in [0, 0.1) is 11.8 Å². The predicted octanol–water partition coefficient (Wildman–Crippen LogP) is 5.63. The number of hydrogen-bond acceptors (Lipinski definition) is 6. The van der Waals surface area contributed by atoms with E-state index in [1.165, 1.54) is 0 Å². The van der Waals surface area contributed by atoms with Crippen LogP contribution in [0.4, 0.5) is 4.39 Å². The van der Waals surface area contributed by atoms with Gasteiger partial charge in [0.2, 0.25) is 0 Å². The molecule has 0 radical (unpaired) electrons. The Morgan fingerprint density at radius 3 is 2.89 bits per heavy atom. The normalized spacial score (nSPS) is 19.5. The van der Waals surface area contributed by atoms with Crippen molar-refractivity contribution < 1.29 is 19.0 Å². The number of methoxy groups -OCH3 is 1. The number of hydrogen-bond donors (Lipinski definition) is 1. The number of ether oxygens (including phenoxy) is 1. The summed E-state index contributed by atoms with van der Waals surface area (Å²) in [6.45, 7) is 2.54. The molecule has 0 spiro atoms. The van der Waals surface area contributed by atoms with Crippen LogP contribution < -0.4 is 4.74 Å². The largest absolute Gasteiger partial charge is 0.497 e. The number of fused-ring (bicyclic) bond motifs is 1. The second kappa shape index (κ2) is 12.3. The highest BCUT2D eigenvalue weighted by atomic mass is 32.2. The number of pyridine rings is 2. The highest BCUT2D eigenvalue weighted by Crippen LogP contribution is 2.36. The zero-order chi connectivity index (χ0) is 24.6. The number of piperidine rings is 1. The number of halogens is 1. The number of benzene rings is 1. The summed E-state index contributed by atoms with van der Waals surface area (Å²) < 4.78 is 20.8. The molecular weight excluding hydrogens is 465 g/mol. The van der Waals surface area contributed by atoms with Crippen LogP contribution in [-0.4, -0.2) is 58.4 Å². The van der Waals surface area contributed by atoms with E-state index in [9.17, 15) is 9.90 Å². The van der Waals surface area contributed by atoms with Gasteiger partial charge in [0.1, 0.15) is 11.9 Å². The van der Waals surface area contributed by atoms with Gasteiger partial charge in [0.15, 0.2) is 0 Å². The highest BCUT2D eigenvalue weighted by Gasteiger charge is 2.31. The summed E-state index contributed by atoms with van der Waals surface area (Å²) in [4.78, 5) is 22.6. The van der Waals surface area contributed by atoms with Gasteiger partial charge in [-0.3, -0.25) is 9.78 Å². The van der Waals surface area contributed by atoms with Gasteiger partial charge in [0.05, 0.1) is 17.7 Å². The van der Waals surface area contributed by atoms with E-state index in [0.717, 1.165) is 47.7 Å². The van der Waals surface area contributed by atoms with Crippen LogP contribution in [0.25, 0.3) is 10.9 Å². The van der Waals surface area contributed by atoms with Crippen molar-refractivity contribution in [3.63, 3.8) is 0 Å². The number of carboxylic acid groups (broad SMARTS) is 1. The zero-order valence-electron chi connectivity index (χ0n) is 20.0. The highest BCUT2D eigenvalue weighted by molar-refractivity contribution is 7.99. The molecule has 0 saturated carbocycles. The third-order valence-corrected chi connectivity index (χ3v) is 7.74. The first-order chi connectivity index (χ1) is 17.0. The molecule has 186 valence electrons. The number of carbonyl (C=O) groups is 1. The topological polar surface area (TPSA) is 75.5 Å². The maximum atomic E-state index is 15.4. The Morgan fingerprint density at radius 2 is 2.11 bits per heavy atom. The van der Waals surface area contributed by atoms with Crippen LogP contribution >= 0.6 is 11.8 Å². The van der Waals surface area contributed by atoms with E-state index in [2.05, 4.69) is 14.9 Å². The van der Waals surface area contributed by atoms with Gasteiger partial charge < -0.3 is 14.7 Å². The van der Waals surface area contributed by atoms with Crippen molar-refractivity contribution in [1.82, 2.24) is 14.9 Å². The molecule has 3 heterocycles. The minimum absolute atomic E-state index is 0.0302. The predicted molar refractivity (Wildman–Crippen MR) is 137 cm³/mol. The van der Waals surface area contributed by atoms with Crippen LogP contribution in [0.1, 0.15) is 37.4 Å². The van der Waals surface area contributed by atoms with Gasteiger partial charge in [-0.15, -0.1) is 11.8 Å². The van der Waals surface area contributed by atoms with Crippen LogP contribution in [0.15, 0.2) is 59.9 Å². The minimum atomic E-state index is -1.13. The fourth-order valence-electron chi connectivity index (χ4n) is 4.97. The number of carboxylic acids is 1. The Hall–Kier alpha value is -2.71. The van der Waals surface area contributed by atoms with Gasteiger partial charge in [-0.05, 0) is 79.6 Å². The number of aliphatic carboxylic acids is 1. The van der Waals surface area contributed by atoms with E-state index in [1.807, 2.05) is 36.4 Å². The molecular formula is C27H32FN3O3S. The van der Waals surface area contributed by atoms with Crippen molar-refractivity contribution in [3.05, 3.63) is 60.4 Å². The molecule has 1 fully saturated rings. The van der Waals surface area contributed by atoms with Gasteiger partial charge in [0.25, 0.3) is 0 Å². The summed E-state index contributed by atoms with van der Waals surface area (Å²) in [5.41, 5.74) is 1.36.